The van der Waals surface area contributed by atoms with E-state index in [0.29, 0.717) is 24.8 Å². The van der Waals surface area contributed by atoms with Gasteiger partial charge in [-0.25, -0.2) is 4.39 Å². The Balaban J connectivity index is 2.73. The molecule has 21 heavy (non-hydrogen) atoms. The Kier molecular flexibility index (Phi) is 6.17. The molecular weight excluding hydrogens is 269 g/mol. The van der Waals surface area contributed by atoms with E-state index in [1.165, 1.54) is 13.2 Å². The first-order valence-electron chi connectivity index (χ1n) is 7.39. The number of aliphatic hydroxyl groups excluding tert-OH is 1. The van der Waals surface area contributed by atoms with Crippen molar-refractivity contribution in [3.63, 3.8) is 0 Å². The highest BCUT2D eigenvalue weighted by molar-refractivity contribution is 5.36. The monoisotopic (exact) mass is 297 g/mol. The zero-order chi connectivity index (χ0) is 16.2. The van der Waals surface area contributed by atoms with Gasteiger partial charge in [0.05, 0.1) is 18.8 Å². The molecule has 2 atom stereocenters. The summed E-state index contributed by atoms with van der Waals surface area (Å²) in [6, 6.07) is 4.97. The molecule has 1 rings (SSSR count). The van der Waals surface area contributed by atoms with Crippen LogP contribution in [-0.4, -0.2) is 36.8 Å². The van der Waals surface area contributed by atoms with Gasteiger partial charge < -0.3 is 14.7 Å². The molecule has 3 nitrogen and oxygen atoms in total. The van der Waals surface area contributed by atoms with Crippen LogP contribution < -0.4 is 4.74 Å². The van der Waals surface area contributed by atoms with Gasteiger partial charge in [0.2, 0.25) is 0 Å². The van der Waals surface area contributed by atoms with E-state index in [1.807, 2.05) is 7.05 Å². The second-order valence-electron chi connectivity index (χ2n) is 6.68. The fourth-order valence-electron chi connectivity index (χ4n) is 2.34. The predicted molar refractivity (Wildman–Crippen MR) is 84.1 cm³/mol. The summed E-state index contributed by atoms with van der Waals surface area (Å²) in [6.07, 6.45) is -0.399. The van der Waals surface area contributed by atoms with Crippen molar-refractivity contribution >= 4 is 0 Å². The zero-order valence-corrected chi connectivity index (χ0v) is 14.0. The van der Waals surface area contributed by atoms with Crippen molar-refractivity contribution in [1.29, 1.82) is 0 Å². The van der Waals surface area contributed by atoms with Crippen molar-refractivity contribution in [3.05, 3.63) is 29.6 Å². The van der Waals surface area contributed by atoms with E-state index < -0.39 is 11.9 Å². The number of nitrogens with zero attached hydrogens (tertiary/aromatic N) is 1. The Labute approximate surface area is 127 Å². The molecule has 0 aromatic heterocycles. The summed E-state index contributed by atoms with van der Waals surface area (Å²) >= 11 is 0. The molecule has 0 aliphatic heterocycles. The minimum Gasteiger partial charge on any atom is -0.496 e. The maximum atomic E-state index is 13.9. The van der Waals surface area contributed by atoms with E-state index in [0.717, 1.165) is 0 Å². The SMILES string of the molecule is COc1cccc(F)c1C(O)CCN(C)C(C)C(C)(C)C. The van der Waals surface area contributed by atoms with Gasteiger partial charge in [-0.05, 0) is 37.9 Å². The first-order valence-corrected chi connectivity index (χ1v) is 7.39. The lowest BCUT2D eigenvalue weighted by Gasteiger charge is -2.35. The van der Waals surface area contributed by atoms with Crippen LogP contribution >= 0.6 is 0 Å². The largest absolute Gasteiger partial charge is 0.496 e. The lowest BCUT2D eigenvalue weighted by atomic mass is 9.87. The molecule has 120 valence electrons. The molecule has 1 aromatic rings. The molecule has 0 saturated carbocycles. The number of benzene rings is 1. The summed E-state index contributed by atoms with van der Waals surface area (Å²) in [5.41, 5.74) is 0.409. The van der Waals surface area contributed by atoms with Crippen molar-refractivity contribution in [2.24, 2.45) is 5.41 Å². The number of aliphatic hydroxyl groups is 1. The average molecular weight is 297 g/mol. The van der Waals surface area contributed by atoms with E-state index in [9.17, 15) is 9.50 Å². The van der Waals surface area contributed by atoms with Gasteiger partial charge in [-0.1, -0.05) is 26.8 Å². The van der Waals surface area contributed by atoms with Crippen molar-refractivity contribution in [2.75, 3.05) is 20.7 Å². The molecule has 0 radical (unpaired) electrons. The normalized spacial score (nSPS) is 15.1. The second-order valence-corrected chi connectivity index (χ2v) is 6.68. The fourth-order valence-corrected chi connectivity index (χ4v) is 2.34. The Morgan fingerprint density at radius 3 is 2.48 bits per heavy atom. The molecule has 0 fully saturated rings. The molecule has 2 unspecified atom stereocenters. The first kappa shape index (κ1) is 17.9. The van der Waals surface area contributed by atoms with Crippen molar-refractivity contribution in [2.45, 2.75) is 46.3 Å². The average Bonchev–Trinajstić information content (AvgIpc) is 2.42. The highest BCUT2D eigenvalue weighted by atomic mass is 19.1. The molecular formula is C17H28FNO2. The van der Waals surface area contributed by atoms with Crippen LogP contribution in [0, 0.1) is 11.2 Å². The van der Waals surface area contributed by atoms with Gasteiger partial charge in [-0.2, -0.15) is 0 Å². The number of hydrogen-bond acceptors (Lipinski definition) is 3. The maximum absolute atomic E-state index is 13.9. The van der Waals surface area contributed by atoms with E-state index in [1.54, 1.807) is 12.1 Å². The van der Waals surface area contributed by atoms with Gasteiger partial charge in [-0.3, -0.25) is 0 Å². The third-order valence-electron chi connectivity index (χ3n) is 4.24. The Morgan fingerprint density at radius 2 is 1.95 bits per heavy atom. The van der Waals surface area contributed by atoms with Gasteiger partial charge in [0.25, 0.3) is 0 Å². The van der Waals surface area contributed by atoms with Gasteiger partial charge >= 0.3 is 0 Å². The standard InChI is InChI=1S/C17H28FNO2/c1-12(17(2,3)4)19(5)11-10-14(20)16-13(18)8-7-9-15(16)21-6/h7-9,12,14,20H,10-11H2,1-6H3. The van der Waals surface area contributed by atoms with Gasteiger partial charge in [-0.15, -0.1) is 0 Å². The van der Waals surface area contributed by atoms with Gasteiger partial charge in [0, 0.05) is 12.6 Å². The number of methoxy groups -OCH3 is 1. The van der Waals surface area contributed by atoms with Crippen molar-refractivity contribution in [3.8, 4) is 5.75 Å². The molecule has 1 aromatic carbocycles. The molecule has 4 heteroatoms. The number of hydrogen-bond donors (Lipinski definition) is 1. The molecule has 0 amide bonds. The third kappa shape index (κ3) is 4.68. The van der Waals surface area contributed by atoms with Crippen LogP contribution in [0.5, 0.6) is 5.75 Å². The molecule has 1 N–H and O–H groups in total. The van der Waals surface area contributed by atoms with Crippen molar-refractivity contribution in [1.82, 2.24) is 4.90 Å². The second kappa shape index (κ2) is 7.23. The van der Waals surface area contributed by atoms with Crippen LogP contribution in [0.25, 0.3) is 0 Å². The molecule has 0 aliphatic carbocycles. The summed E-state index contributed by atoms with van der Waals surface area (Å²) in [6.45, 7) is 9.41. The summed E-state index contributed by atoms with van der Waals surface area (Å²) in [7, 11) is 3.51. The van der Waals surface area contributed by atoms with Crippen LogP contribution in [0.2, 0.25) is 0 Å². The number of rotatable bonds is 6. The molecule has 0 aliphatic rings. The smallest absolute Gasteiger partial charge is 0.132 e. The molecule has 0 spiro atoms. The van der Waals surface area contributed by atoms with Crippen LogP contribution in [0.1, 0.15) is 45.8 Å². The van der Waals surface area contributed by atoms with E-state index in [2.05, 4.69) is 32.6 Å². The predicted octanol–water partition coefficient (Wildman–Crippen LogP) is 3.62. The van der Waals surface area contributed by atoms with Crippen LogP contribution in [-0.2, 0) is 0 Å². The quantitative estimate of drug-likeness (QED) is 0.870. The molecule has 0 bridgehead atoms. The maximum Gasteiger partial charge on any atom is 0.132 e. The van der Waals surface area contributed by atoms with Crippen molar-refractivity contribution < 1.29 is 14.2 Å². The van der Waals surface area contributed by atoms with E-state index in [-0.39, 0.29) is 11.0 Å². The topological polar surface area (TPSA) is 32.7 Å². The lowest BCUT2D eigenvalue weighted by molar-refractivity contribution is 0.101. The van der Waals surface area contributed by atoms with Crippen LogP contribution in [0.3, 0.4) is 0 Å². The minimum atomic E-state index is -0.865. The highest BCUT2D eigenvalue weighted by Crippen LogP contribution is 2.30. The molecule has 0 heterocycles. The minimum absolute atomic E-state index is 0.162. The number of halogens is 1. The number of ether oxygens (including phenoxy) is 1. The molecule has 0 saturated heterocycles. The Hall–Kier alpha value is -1.13. The Bertz CT molecular complexity index is 457. The first-order chi connectivity index (χ1) is 9.68. The fraction of sp³-hybridized carbons (Fsp3) is 0.647. The van der Waals surface area contributed by atoms with Crippen LogP contribution in [0.15, 0.2) is 18.2 Å². The third-order valence-corrected chi connectivity index (χ3v) is 4.24. The zero-order valence-electron chi connectivity index (χ0n) is 14.0. The van der Waals surface area contributed by atoms with Gasteiger partial charge in [0.1, 0.15) is 11.6 Å². The van der Waals surface area contributed by atoms with Gasteiger partial charge in [0.15, 0.2) is 0 Å². The highest BCUT2D eigenvalue weighted by Gasteiger charge is 2.25. The summed E-state index contributed by atoms with van der Waals surface area (Å²) in [5.74, 6) is -0.0256. The Morgan fingerprint density at radius 1 is 1.33 bits per heavy atom. The van der Waals surface area contributed by atoms with E-state index >= 15 is 0 Å². The van der Waals surface area contributed by atoms with E-state index in [4.69, 9.17) is 4.74 Å². The van der Waals surface area contributed by atoms with Crippen LogP contribution in [0.4, 0.5) is 4.39 Å². The lowest BCUT2D eigenvalue weighted by Crippen LogP contribution is -2.40. The summed E-state index contributed by atoms with van der Waals surface area (Å²) in [4.78, 5) is 2.19. The summed E-state index contributed by atoms with van der Waals surface area (Å²) in [5, 5.41) is 10.3. The summed E-state index contributed by atoms with van der Waals surface area (Å²) < 4.78 is 19.0.